The molecule has 0 amide bonds. The van der Waals surface area contributed by atoms with Crippen LogP contribution < -0.4 is 4.74 Å². The van der Waals surface area contributed by atoms with Gasteiger partial charge in [0.15, 0.2) is 5.78 Å². The van der Waals surface area contributed by atoms with Crippen molar-refractivity contribution in [3.63, 3.8) is 0 Å². The maximum Gasteiger partial charge on any atom is 0.318 e. The van der Waals surface area contributed by atoms with Crippen molar-refractivity contribution < 1.29 is 23.8 Å². The Kier molecular flexibility index (Phi) is 3.77. The highest BCUT2D eigenvalue weighted by atomic mass is 16.5. The zero-order valence-corrected chi connectivity index (χ0v) is 12.5. The number of methoxy groups -OCH3 is 1. The van der Waals surface area contributed by atoms with Gasteiger partial charge in [-0.2, -0.15) is 0 Å². The Morgan fingerprint density at radius 2 is 1.95 bits per heavy atom. The first kappa shape index (κ1) is 15.1. The summed E-state index contributed by atoms with van der Waals surface area (Å²) >= 11 is 0. The maximum atomic E-state index is 12.4. The Morgan fingerprint density at radius 1 is 1.29 bits per heavy atom. The van der Waals surface area contributed by atoms with Crippen LogP contribution >= 0.6 is 0 Å². The molecule has 0 saturated heterocycles. The van der Waals surface area contributed by atoms with E-state index in [0.717, 1.165) is 0 Å². The number of benzene rings is 1. The summed E-state index contributed by atoms with van der Waals surface area (Å²) in [4.78, 5) is 24.0. The van der Waals surface area contributed by atoms with E-state index in [0.29, 0.717) is 22.3 Å². The number of Topliss-reactive ketones (excluding diaryl/α,β-unsaturated/α-hetero) is 1. The number of fused-ring (bicyclic) bond motifs is 1. The van der Waals surface area contributed by atoms with Crippen molar-refractivity contribution in [2.75, 3.05) is 7.11 Å². The number of carbonyl (C=O) groups is 2. The number of rotatable bonds is 4. The summed E-state index contributed by atoms with van der Waals surface area (Å²) in [6.45, 7) is 5.11. The molecule has 0 radical (unpaired) electrons. The van der Waals surface area contributed by atoms with E-state index >= 15 is 0 Å². The largest absolute Gasteiger partial charge is 0.497 e. The van der Waals surface area contributed by atoms with E-state index in [1.807, 2.05) is 0 Å². The van der Waals surface area contributed by atoms with E-state index < -0.39 is 17.3 Å². The molecular weight excluding hydrogens is 272 g/mol. The molecule has 0 fully saturated rings. The Balaban J connectivity index is 2.61. The molecule has 0 bridgehead atoms. The van der Waals surface area contributed by atoms with Crippen LogP contribution in [0.5, 0.6) is 5.75 Å². The molecule has 1 N–H and O–H groups in total. The number of carbonyl (C=O) groups excluding carboxylic acids is 1. The van der Waals surface area contributed by atoms with E-state index in [2.05, 4.69) is 0 Å². The second-order valence-electron chi connectivity index (χ2n) is 5.94. The van der Waals surface area contributed by atoms with Crippen LogP contribution in [0.1, 0.15) is 32.3 Å². The van der Waals surface area contributed by atoms with Crippen LogP contribution in [-0.2, 0) is 9.59 Å². The molecule has 1 aromatic carbocycles. The van der Waals surface area contributed by atoms with E-state index in [1.165, 1.54) is 13.4 Å². The van der Waals surface area contributed by atoms with Crippen molar-refractivity contribution in [2.45, 2.75) is 26.7 Å². The lowest BCUT2D eigenvalue weighted by molar-refractivity contribution is -0.144. The maximum absolute atomic E-state index is 12.4. The summed E-state index contributed by atoms with van der Waals surface area (Å²) in [5.41, 5.74) is 0.126. The summed E-state index contributed by atoms with van der Waals surface area (Å²) < 4.78 is 10.5. The summed E-state index contributed by atoms with van der Waals surface area (Å²) in [6.07, 6.45) is 1.34. The van der Waals surface area contributed by atoms with Crippen LogP contribution in [0.15, 0.2) is 28.9 Å². The summed E-state index contributed by atoms with van der Waals surface area (Å²) in [7, 11) is 1.52. The number of furan rings is 1. The molecule has 0 aliphatic heterocycles. The van der Waals surface area contributed by atoms with E-state index in [1.54, 1.807) is 39.0 Å². The molecule has 1 unspecified atom stereocenters. The number of ketones is 1. The molecule has 2 rings (SSSR count). The van der Waals surface area contributed by atoms with Gasteiger partial charge in [0.05, 0.1) is 13.4 Å². The fourth-order valence-corrected chi connectivity index (χ4v) is 2.20. The number of carboxylic acid groups (broad SMARTS) is 1. The minimum Gasteiger partial charge on any atom is -0.497 e. The number of carboxylic acids is 1. The quantitative estimate of drug-likeness (QED) is 0.875. The average molecular weight is 290 g/mol. The molecule has 5 nitrogen and oxygen atoms in total. The Morgan fingerprint density at radius 3 is 2.48 bits per heavy atom. The minimum absolute atomic E-state index is 0.358. The number of ether oxygens (including phenoxy) is 1. The van der Waals surface area contributed by atoms with Crippen molar-refractivity contribution >= 4 is 22.7 Å². The van der Waals surface area contributed by atoms with Crippen LogP contribution in [-0.4, -0.2) is 24.0 Å². The highest BCUT2D eigenvalue weighted by Crippen LogP contribution is 2.35. The zero-order valence-electron chi connectivity index (χ0n) is 12.5. The minimum atomic E-state index is -1.25. The van der Waals surface area contributed by atoms with Gasteiger partial charge in [-0.05, 0) is 18.2 Å². The monoisotopic (exact) mass is 290 g/mol. The van der Waals surface area contributed by atoms with Gasteiger partial charge in [-0.25, -0.2) is 0 Å². The normalized spacial score (nSPS) is 13.1. The van der Waals surface area contributed by atoms with Gasteiger partial charge >= 0.3 is 5.97 Å². The number of hydrogen-bond donors (Lipinski definition) is 1. The van der Waals surface area contributed by atoms with Crippen LogP contribution in [0.3, 0.4) is 0 Å². The molecule has 0 spiro atoms. The van der Waals surface area contributed by atoms with Crippen molar-refractivity contribution in [1.82, 2.24) is 0 Å². The highest BCUT2D eigenvalue weighted by molar-refractivity contribution is 6.08. The van der Waals surface area contributed by atoms with Crippen LogP contribution in [0.25, 0.3) is 11.0 Å². The predicted molar refractivity (Wildman–Crippen MR) is 77.6 cm³/mol. The molecule has 1 atom stereocenters. The van der Waals surface area contributed by atoms with Crippen molar-refractivity contribution in [2.24, 2.45) is 5.41 Å². The molecule has 0 aliphatic carbocycles. The lowest BCUT2D eigenvalue weighted by Gasteiger charge is -2.21. The molecule has 0 saturated carbocycles. The third kappa shape index (κ3) is 2.77. The first-order valence-corrected chi connectivity index (χ1v) is 6.58. The molecule has 0 aliphatic rings. The summed E-state index contributed by atoms with van der Waals surface area (Å²) in [5.74, 6) is -2.21. The van der Waals surface area contributed by atoms with Gasteiger partial charge in [-0.1, -0.05) is 20.8 Å². The van der Waals surface area contributed by atoms with Gasteiger partial charge in [0.25, 0.3) is 0 Å². The van der Waals surface area contributed by atoms with Gasteiger partial charge in [0.1, 0.15) is 17.3 Å². The molecule has 21 heavy (non-hydrogen) atoms. The third-order valence-electron chi connectivity index (χ3n) is 3.37. The van der Waals surface area contributed by atoms with Crippen molar-refractivity contribution in [3.05, 3.63) is 30.0 Å². The van der Waals surface area contributed by atoms with Gasteiger partial charge < -0.3 is 14.3 Å². The Bertz CT molecular complexity index is 690. The smallest absolute Gasteiger partial charge is 0.318 e. The number of hydrogen-bond acceptors (Lipinski definition) is 4. The molecule has 112 valence electrons. The molecule has 2 aromatic rings. The van der Waals surface area contributed by atoms with Crippen molar-refractivity contribution in [3.8, 4) is 5.75 Å². The van der Waals surface area contributed by atoms with Crippen molar-refractivity contribution in [1.29, 1.82) is 0 Å². The van der Waals surface area contributed by atoms with Gasteiger partial charge in [-0.15, -0.1) is 0 Å². The second kappa shape index (κ2) is 5.24. The van der Waals surface area contributed by atoms with E-state index in [-0.39, 0.29) is 5.78 Å². The van der Waals surface area contributed by atoms with Gasteiger partial charge in [0.2, 0.25) is 0 Å². The van der Waals surface area contributed by atoms with Crippen LogP contribution in [0, 0.1) is 5.41 Å². The van der Waals surface area contributed by atoms with Crippen LogP contribution in [0.2, 0.25) is 0 Å². The Labute approximate surface area is 122 Å². The molecule has 5 heteroatoms. The zero-order chi connectivity index (χ0) is 15.8. The average Bonchev–Trinajstić information content (AvgIpc) is 2.80. The standard InChI is InChI=1S/C16H18O5/c1-16(2,3)14(17)13(15(18)19)11-8-21-12-6-5-9(20-4)7-10(11)12/h5-8,13H,1-4H3,(H,18,19). The lowest BCUT2D eigenvalue weighted by atomic mass is 9.80. The fourth-order valence-electron chi connectivity index (χ4n) is 2.20. The third-order valence-corrected chi connectivity index (χ3v) is 3.37. The summed E-state index contributed by atoms with van der Waals surface area (Å²) in [5, 5.41) is 10.1. The van der Waals surface area contributed by atoms with E-state index in [9.17, 15) is 14.7 Å². The van der Waals surface area contributed by atoms with E-state index in [4.69, 9.17) is 9.15 Å². The molecule has 1 aromatic heterocycles. The first-order chi connectivity index (χ1) is 9.75. The second-order valence-corrected chi connectivity index (χ2v) is 5.94. The molecule has 1 heterocycles. The lowest BCUT2D eigenvalue weighted by Crippen LogP contribution is -2.31. The highest BCUT2D eigenvalue weighted by Gasteiger charge is 2.37. The first-order valence-electron chi connectivity index (χ1n) is 6.58. The fraction of sp³-hybridized carbons (Fsp3) is 0.375. The predicted octanol–water partition coefficient (Wildman–Crippen LogP) is 3.22. The van der Waals surface area contributed by atoms with Gasteiger partial charge in [-0.3, -0.25) is 9.59 Å². The topological polar surface area (TPSA) is 76.7 Å². The SMILES string of the molecule is COc1ccc2occ(C(C(=O)O)C(=O)C(C)(C)C)c2c1. The van der Waals surface area contributed by atoms with Crippen LogP contribution in [0.4, 0.5) is 0 Å². The Hall–Kier alpha value is -2.30. The number of aliphatic carboxylic acids is 1. The molecular formula is C16H18O5. The summed E-state index contributed by atoms with van der Waals surface area (Å²) in [6, 6.07) is 5.09. The van der Waals surface area contributed by atoms with Gasteiger partial charge in [0, 0.05) is 16.4 Å².